The van der Waals surface area contributed by atoms with E-state index in [-0.39, 0.29) is 17.1 Å². The second-order valence-corrected chi connectivity index (χ2v) is 4.57. The van der Waals surface area contributed by atoms with Gasteiger partial charge in [-0.05, 0) is 34.1 Å². The van der Waals surface area contributed by atoms with Crippen molar-refractivity contribution in [3.63, 3.8) is 0 Å². The molecule has 1 amide bonds. The molecule has 2 N–H and O–H groups in total. The zero-order valence-electron chi connectivity index (χ0n) is 9.91. The molecule has 0 unspecified atom stereocenters. The predicted molar refractivity (Wildman–Crippen MR) is 74.7 cm³/mol. The lowest BCUT2D eigenvalue weighted by molar-refractivity contribution is -0.384. The lowest BCUT2D eigenvalue weighted by atomic mass is 10.2. The molecule has 0 aliphatic heterocycles. The number of pyridine rings is 1. The molecular weight excluding hydrogens is 330 g/mol. The van der Waals surface area contributed by atoms with Gasteiger partial charge in [-0.3, -0.25) is 14.9 Å². The maximum atomic E-state index is 12.0. The lowest BCUT2D eigenvalue weighted by Crippen LogP contribution is -2.15. The second kappa shape index (κ2) is 5.66. The number of halogens is 1. The summed E-state index contributed by atoms with van der Waals surface area (Å²) in [4.78, 5) is 26.1. The van der Waals surface area contributed by atoms with Gasteiger partial charge in [0.25, 0.3) is 11.6 Å². The van der Waals surface area contributed by atoms with Crippen LogP contribution in [0.2, 0.25) is 0 Å². The van der Waals surface area contributed by atoms with E-state index >= 15 is 0 Å². The monoisotopic (exact) mass is 337 g/mol. The Morgan fingerprint density at radius 2 is 2.10 bits per heavy atom. The van der Waals surface area contributed by atoms with Crippen LogP contribution >= 0.6 is 15.9 Å². The van der Waals surface area contributed by atoms with E-state index in [1.54, 1.807) is 12.1 Å². The molecule has 0 bridgehead atoms. The van der Waals surface area contributed by atoms with Crippen LogP contribution in [0, 0.1) is 10.1 Å². The fourth-order valence-electron chi connectivity index (χ4n) is 1.53. The summed E-state index contributed by atoms with van der Waals surface area (Å²) in [6.45, 7) is 0. The third-order valence-electron chi connectivity index (χ3n) is 2.43. The number of amides is 1. The summed E-state index contributed by atoms with van der Waals surface area (Å²) >= 11 is 3.16. The molecule has 1 aromatic carbocycles. The van der Waals surface area contributed by atoms with Gasteiger partial charge >= 0.3 is 0 Å². The van der Waals surface area contributed by atoms with Crippen molar-refractivity contribution >= 4 is 33.2 Å². The molecule has 0 aliphatic rings. The lowest BCUT2D eigenvalue weighted by Gasteiger charge is -2.08. The number of nitro groups is 1. The van der Waals surface area contributed by atoms with Gasteiger partial charge in [-0.1, -0.05) is 6.07 Å². The van der Waals surface area contributed by atoms with E-state index in [1.165, 1.54) is 24.4 Å². The Hall–Kier alpha value is -2.48. The number of nitro benzene ring substituents is 1. The van der Waals surface area contributed by atoms with E-state index in [0.717, 1.165) is 0 Å². The minimum atomic E-state index is -0.692. The first-order chi connectivity index (χ1) is 9.50. The number of aromatic nitrogens is 1. The van der Waals surface area contributed by atoms with Crippen molar-refractivity contribution in [3.05, 3.63) is 56.8 Å². The van der Waals surface area contributed by atoms with Gasteiger partial charge in [0.05, 0.1) is 4.92 Å². The van der Waals surface area contributed by atoms with E-state index in [9.17, 15) is 20.0 Å². The van der Waals surface area contributed by atoms with Crippen molar-refractivity contribution in [2.75, 3.05) is 5.32 Å². The van der Waals surface area contributed by atoms with Crippen LogP contribution in [0.25, 0.3) is 0 Å². The maximum absolute atomic E-state index is 12.0. The van der Waals surface area contributed by atoms with Gasteiger partial charge in [-0.25, -0.2) is 4.98 Å². The molecule has 0 atom stereocenters. The molecule has 2 aromatic rings. The Bertz CT molecular complexity index is 690. The van der Waals surface area contributed by atoms with Crippen molar-refractivity contribution in [2.45, 2.75) is 0 Å². The summed E-state index contributed by atoms with van der Waals surface area (Å²) in [6, 6.07) is 6.99. The fourth-order valence-corrected chi connectivity index (χ4v) is 1.97. The number of phenolic OH excluding ortho intramolecular Hbond substituents is 1. The molecule has 7 nitrogen and oxygen atoms in total. The molecule has 1 heterocycles. The molecule has 102 valence electrons. The Morgan fingerprint density at radius 1 is 1.35 bits per heavy atom. The van der Waals surface area contributed by atoms with Crippen molar-refractivity contribution in [3.8, 4) is 5.75 Å². The molecule has 0 spiro atoms. The van der Waals surface area contributed by atoms with Gasteiger partial charge in [-0.15, -0.1) is 0 Å². The van der Waals surface area contributed by atoms with Gasteiger partial charge in [0, 0.05) is 16.7 Å². The molecule has 20 heavy (non-hydrogen) atoms. The number of nitrogens with zero attached hydrogens (tertiary/aromatic N) is 2. The van der Waals surface area contributed by atoms with Gasteiger partial charge in [0.1, 0.15) is 11.4 Å². The molecule has 0 aliphatic carbocycles. The number of anilines is 1. The van der Waals surface area contributed by atoms with E-state index in [1.807, 2.05) is 0 Å². The summed E-state index contributed by atoms with van der Waals surface area (Å²) in [5, 5.41) is 22.8. The minimum Gasteiger partial charge on any atom is -0.505 e. The topological polar surface area (TPSA) is 105 Å². The molecule has 0 saturated heterocycles. The molecule has 0 radical (unpaired) electrons. The van der Waals surface area contributed by atoms with Crippen molar-refractivity contribution in [2.24, 2.45) is 0 Å². The van der Waals surface area contributed by atoms with Crippen LogP contribution in [0.4, 0.5) is 11.4 Å². The normalized spacial score (nSPS) is 10.1. The maximum Gasteiger partial charge on any atom is 0.296 e. The number of hydrogen-bond acceptors (Lipinski definition) is 5. The quantitative estimate of drug-likeness (QED) is 0.508. The number of phenols is 1. The van der Waals surface area contributed by atoms with E-state index in [2.05, 4.69) is 26.2 Å². The van der Waals surface area contributed by atoms with Gasteiger partial charge < -0.3 is 10.4 Å². The van der Waals surface area contributed by atoms with Gasteiger partial charge in [0.15, 0.2) is 5.69 Å². The third-order valence-corrected chi connectivity index (χ3v) is 3.07. The third kappa shape index (κ3) is 2.75. The Labute approximate surface area is 121 Å². The highest BCUT2D eigenvalue weighted by Gasteiger charge is 2.21. The number of para-hydroxylation sites is 1. The number of carbonyl (C=O) groups is 1. The van der Waals surface area contributed by atoms with Crippen LogP contribution in [0.5, 0.6) is 5.75 Å². The number of hydrogen-bond donors (Lipinski definition) is 2. The SMILES string of the molecule is O=C(Nc1c(O)cccc1[N+](=O)[O-])c1ncccc1Br. The standard InChI is InChI=1S/C12H8BrN3O4/c13-7-3-2-6-14-10(7)12(18)15-11-8(16(19)20)4-1-5-9(11)17/h1-6,17H,(H,15,18). The number of aromatic hydroxyl groups is 1. The van der Waals surface area contributed by atoms with Crippen LogP contribution in [0.1, 0.15) is 10.5 Å². The molecule has 1 aromatic heterocycles. The van der Waals surface area contributed by atoms with Crippen LogP contribution in [-0.2, 0) is 0 Å². The average molecular weight is 338 g/mol. The Kier molecular flexibility index (Phi) is 3.94. The number of carbonyl (C=O) groups excluding carboxylic acids is 1. The summed E-state index contributed by atoms with van der Waals surface area (Å²) in [6.07, 6.45) is 1.42. The number of nitrogens with one attached hydrogen (secondary N) is 1. The van der Waals surface area contributed by atoms with Crippen molar-refractivity contribution < 1.29 is 14.8 Å². The Balaban J connectivity index is 2.38. The zero-order valence-corrected chi connectivity index (χ0v) is 11.5. The van der Waals surface area contributed by atoms with Crippen LogP contribution in [0.3, 0.4) is 0 Å². The first kappa shape index (κ1) is 13.9. The van der Waals surface area contributed by atoms with Gasteiger partial charge in [-0.2, -0.15) is 0 Å². The Morgan fingerprint density at radius 3 is 2.75 bits per heavy atom. The largest absolute Gasteiger partial charge is 0.505 e. The second-order valence-electron chi connectivity index (χ2n) is 3.72. The number of benzene rings is 1. The fraction of sp³-hybridized carbons (Fsp3) is 0. The molecule has 0 fully saturated rings. The van der Waals surface area contributed by atoms with Gasteiger partial charge in [0.2, 0.25) is 0 Å². The highest BCUT2D eigenvalue weighted by atomic mass is 79.9. The van der Waals surface area contributed by atoms with E-state index in [4.69, 9.17) is 0 Å². The average Bonchev–Trinajstić information content (AvgIpc) is 2.41. The summed E-state index contributed by atoms with van der Waals surface area (Å²) < 4.78 is 0.440. The van der Waals surface area contributed by atoms with E-state index in [0.29, 0.717) is 4.47 Å². The highest BCUT2D eigenvalue weighted by molar-refractivity contribution is 9.10. The predicted octanol–water partition coefficient (Wildman–Crippen LogP) is 2.71. The van der Waals surface area contributed by atoms with Crippen molar-refractivity contribution in [1.82, 2.24) is 4.98 Å². The van der Waals surface area contributed by atoms with Crippen LogP contribution in [-0.4, -0.2) is 20.9 Å². The first-order valence-corrected chi connectivity index (χ1v) is 6.18. The summed E-state index contributed by atoms with van der Waals surface area (Å²) in [7, 11) is 0. The van der Waals surface area contributed by atoms with Crippen LogP contribution in [0.15, 0.2) is 41.0 Å². The molecular formula is C12H8BrN3O4. The number of rotatable bonds is 3. The van der Waals surface area contributed by atoms with Crippen LogP contribution < -0.4 is 5.32 Å². The highest BCUT2D eigenvalue weighted by Crippen LogP contribution is 2.33. The first-order valence-electron chi connectivity index (χ1n) is 5.39. The summed E-state index contributed by atoms with van der Waals surface area (Å²) in [5.74, 6) is -1.05. The zero-order chi connectivity index (χ0) is 14.7. The van der Waals surface area contributed by atoms with E-state index < -0.39 is 16.5 Å². The van der Waals surface area contributed by atoms with Crippen molar-refractivity contribution in [1.29, 1.82) is 0 Å². The molecule has 0 saturated carbocycles. The molecule has 8 heteroatoms. The summed E-state index contributed by atoms with van der Waals surface area (Å²) in [5.41, 5.74) is -0.601. The molecule has 2 rings (SSSR count). The minimum absolute atomic E-state index is 0.0602. The smallest absolute Gasteiger partial charge is 0.296 e.